The molecular weight excluding hydrogens is 672 g/mol. The van der Waals surface area contributed by atoms with Gasteiger partial charge < -0.3 is 58.3 Å². The van der Waals surface area contributed by atoms with Crippen molar-refractivity contribution < 1.29 is 47.5 Å². The zero-order valence-electron chi connectivity index (χ0n) is 30.9. The Balaban J connectivity index is 1.61. The molecule has 0 atom stereocenters. The highest BCUT2D eigenvalue weighted by molar-refractivity contribution is 6.05. The highest BCUT2D eigenvalue weighted by Crippen LogP contribution is 2.44. The van der Waals surface area contributed by atoms with Gasteiger partial charge in [-0.25, -0.2) is 9.59 Å². The molecular formula is C38H50N4O10. The Labute approximate surface area is 305 Å². The Morgan fingerprint density at radius 2 is 0.885 bits per heavy atom. The molecule has 0 unspecified atom stereocenters. The summed E-state index contributed by atoms with van der Waals surface area (Å²) in [6.07, 6.45) is 0. The molecule has 2 heterocycles. The fourth-order valence-electron chi connectivity index (χ4n) is 6.14. The summed E-state index contributed by atoms with van der Waals surface area (Å²) >= 11 is 0. The van der Waals surface area contributed by atoms with E-state index in [1.807, 2.05) is 52.0 Å². The van der Waals surface area contributed by atoms with Gasteiger partial charge in [0.15, 0.2) is 0 Å². The maximum atomic E-state index is 13.4. The molecule has 2 aliphatic rings. The largest absolute Gasteiger partial charge is 0.492 e. The van der Waals surface area contributed by atoms with E-state index in [2.05, 4.69) is 20.4 Å². The van der Waals surface area contributed by atoms with E-state index in [4.69, 9.17) is 37.9 Å². The van der Waals surface area contributed by atoms with Gasteiger partial charge in [-0.15, -0.1) is 0 Å². The number of anilines is 6. The molecule has 2 saturated heterocycles. The van der Waals surface area contributed by atoms with E-state index in [0.29, 0.717) is 125 Å². The molecule has 5 rings (SSSR count). The van der Waals surface area contributed by atoms with E-state index in [1.54, 1.807) is 12.1 Å². The maximum absolute atomic E-state index is 13.4. The van der Waals surface area contributed by atoms with E-state index in [9.17, 15) is 9.59 Å². The second-order valence-corrected chi connectivity index (χ2v) is 11.7. The SMILES string of the molecule is CCOc1cc(N2CCOCC2)c(OCC)cc1Nc1cc(C(=O)OC)c(Nc2cc(OCC)c(N3CCOCC3)cc2OCC)cc1C(=O)OC. The van der Waals surface area contributed by atoms with E-state index in [0.717, 1.165) is 11.4 Å². The molecule has 0 aromatic heterocycles. The molecule has 0 spiro atoms. The zero-order chi connectivity index (χ0) is 37.0. The van der Waals surface area contributed by atoms with Gasteiger partial charge in [-0.3, -0.25) is 0 Å². The molecule has 14 nitrogen and oxygen atoms in total. The summed E-state index contributed by atoms with van der Waals surface area (Å²) < 4.78 is 45.9. The quantitative estimate of drug-likeness (QED) is 0.167. The van der Waals surface area contributed by atoms with Crippen molar-refractivity contribution in [2.75, 3.05) is 114 Å². The van der Waals surface area contributed by atoms with Crippen LogP contribution in [0.5, 0.6) is 23.0 Å². The number of hydrogen-bond donors (Lipinski definition) is 2. The lowest BCUT2D eigenvalue weighted by atomic mass is 10.0. The van der Waals surface area contributed by atoms with Gasteiger partial charge in [0.2, 0.25) is 0 Å². The van der Waals surface area contributed by atoms with E-state index in [1.165, 1.54) is 14.2 Å². The number of ether oxygens (including phenoxy) is 8. The summed E-state index contributed by atoms with van der Waals surface area (Å²) in [6.45, 7) is 14.5. The molecule has 14 heteroatoms. The molecule has 2 N–H and O–H groups in total. The van der Waals surface area contributed by atoms with Crippen molar-refractivity contribution in [2.24, 2.45) is 0 Å². The van der Waals surface area contributed by atoms with Crippen LogP contribution < -0.4 is 39.4 Å². The van der Waals surface area contributed by atoms with Crippen molar-refractivity contribution in [3.05, 3.63) is 47.5 Å². The fraction of sp³-hybridized carbons (Fsp3) is 0.474. The molecule has 3 aromatic carbocycles. The first-order chi connectivity index (χ1) is 25.3. The highest BCUT2D eigenvalue weighted by Gasteiger charge is 2.26. The summed E-state index contributed by atoms with van der Waals surface area (Å²) in [7, 11) is 2.60. The van der Waals surface area contributed by atoms with E-state index < -0.39 is 11.9 Å². The maximum Gasteiger partial charge on any atom is 0.340 e. The Kier molecular flexibility index (Phi) is 13.5. The van der Waals surface area contributed by atoms with Crippen LogP contribution >= 0.6 is 0 Å². The molecule has 52 heavy (non-hydrogen) atoms. The Bertz CT molecular complexity index is 1570. The molecule has 0 radical (unpaired) electrons. The van der Waals surface area contributed by atoms with Gasteiger partial charge >= 0.3 is 11.9 Å². The third-order valence-electron chi connectivity index (χ3n) is 8.53. The molecule has 0 aliphatic carbocycles. The minimum Gasteiger partial charge on any atom is -0.492 e. The minimum atomic E-state index is -0.627. The van der Waals surface area contributed by atoms with Gasteiger partial charge in [-0.2, -0.15) is 0 Å². The number of morpholine rings is 2. The van der Waals surface area contributed by atoms with Gasteiger partial charge in [0, 0.05) is 50.4 Å². The van der Waals surface area contributed by atoms with E-state index >= 15 is 0 Å². The third-order valence-corrected chi connectivity index (χ3v) is 8.53. The average Bonchev–Trinajstić information content (AvgIpc) is 3.17. The zero-order valence-corrected chi connectivity index (χ0v) is 30.9. The Morgan fingerprint density at radius 1 is 0.538 bits per heavy atom. The number of rotatable bonds is 16. The molecule has 0 bridgehead atoms. The standard InChI is InChI=1S/C38H50N4O10/c1-7-49-33-23-31(41-11-15-47-16-12-41)35(51-9-3)21-29(33)39-27-19-26(38(44)46-6)28(20-25(27)37(43)45-5)40-30-22-36(52-10-4)32(24-34(30)50-8-2)42-13-17-48-18-14-42/h19-24,39-40H,7-18H2,1-6H3. The average molecular weight is 723 g/mol. The molecule has 282 valence electrons. The number of esters is 2. The van der Waals surface area contributed by atoms with Gasteiger partial charge in [-0.05, 0) is 39.8 Å². The second kappa shape index (κ2) is 18.4. The van der Waals surface area contributed by atoms with Crippen molar-refractivity contribution in [3.63, 3.8) is 0 Å². The van der Waals surface area contributed by atoms with Crippen molar-refractivity contribution in [1.29, 1.82) is 0 Å². The number of carbonyl (C=O) groups excluding carboxylic acids is 2. The lowest BCUT2D eigenvalue weighted by Gasteiger charge is -2.31. The van der Waals surface area contributed by atoms with Crippen LogP contribution in [0.4, 0.5) is 34.1 Å². The lowest BCUT2D eigenvalue weighted by molar-refractivity contribution is 0.0588. The molecule has 0 amide bonds. The Morgan fingerprint density at radius 3 is 1.21 bits per heavy atom. The van der Waals surface area contributed by atoms with Crippen LogP contribution in [0, 0.1) is 0 Å². The highest BCUT2D eigenvalue weighted by atomic mass is 16.5. The molecule has 2 fully saturated rings. The van der Waals surface area contributed by atoms with Gasteiger partial charge in [-0.1, -0.05) is 0 Å². The van der Waals surface area contributed by atoms with Gasteiger partial charge in [0.25, 0.3) is 0 Å². The number of nitrogens with zero attached hydrogens (tertiary/aromatic N) is 2. The Hall–Kier alpha value is -5.08. The smallest absolute Gasteiger partial charge is 0.340 e. The predicted octanol–water partition coefficient (Wildman–Crippen LogP) is 6.02. The molecule has 0 saturated carbocycles. The van der Waals surface area contributed by atoms with Crippen LogP contribution in [-0.4, -0.2) is 105 Å². The first-order valence-electron chi connectivity index (χ1n) is 17.8. The number of carbonyl (C=O) groups is 2. The van der Waals surface area contributed by atoms with Crippen LogP contribution in [0.1, 0.15) is 48.4 Å². The summed E-state index contributed by atoms with van der Waals surface area (Å²) in [5.41, 5.74) is 3.71. The van der Waals surface area contributed by atoms with Crippen LogP contribution in [0.3, 0.4) is 0 Å². The van der Waals surface area contributed by atoms with Crippen LogP contribution in [0.15, 0.2) is 36.4 Å². The summed E-state index contributed by atoms with van der Waals surface area (Å²) in [6, 6.07) is 10.6. The van der Waals surface area contributed by atoms with Crippen molar-refractivity contribution in [1.82, 2.24) is 0 Å². The van der Waals surface area contributed by atoms with Crippen LogP contribution in [0.25, 0.3) is 0 Å². The fourth-order valence-corrected chi connectivity index (χ4v) is 6.14. The number of methoxy groups -OCH3 is 2. The topological polar surface area (TPSA) is 139 Å². The minimum absolute atomic E-state index is 0.156. The second-order valence-electron chi connectivity index (χ2n) is 11.7. The number of nitrogens with one attached hydrogen (secondary N) is 2. The van der Waals surface area contributed by atoms with Crippen LogP contribution in [-0.2, 0) is 18.9 Å². The third kappa shape index (κ3) is 8.86. The summed E-state index contributed by atoms with van der Waals surface area (Å²) in [5.74, 6) is 1.09. The first kappa shape index (κ1) is 38.2. The van der Waals surface area contributed by atoms with E-state index in [-0.39, 0.29) is 11.1 Å². The summed E-state index contributed by atoms with van der Waals surface area (Å²) in [5, 5.41) is 6.67. The van der Waals surface area contributed by atoms with Crippen LogP contribution in [0.2, 0.25) is 0 Å². The predicted molar refractivity (Wildman–Crippen MR) is 199 cm³/mol. The molecule has 2 aliphatic heterocycles. The van der Waals surface area contributed by atoms with Crippen molar-refractivity contribution >= 4 is 46.1 Å². The summed E-state index contributed by atoms with van der Waals surface area (Å²) in [4.78, 5) is 31.2. The number of hydrogen-bond acceptors (Lipinski definition) is 14. The monoisotopic (exact) mass is 722 g/mol. The normalized spacial score (nSPS) is 14.3. The number of benzene rings is 3. The van der Waals surface area contributed by atoms with Gasteiger partial charge in [0.1, 0.15) is 23.0 Å². The lowest BCUT2D eigenvalue weighted by Crippen LogP contribution is -2.36. The first-order valence-corrected chi connectivity index (χ1v) is 17.8. The van der Waals surface area contributed by atoms with Crippen molar-refractivity contribution in [3.8, 4) is 23.0 Å². The molecule has 3 aromatic rings. The van der Waals surface area contributed by atoms with Crippen molar-refractivity contribution in [2.45, 2.75) is 27.7 Å². The van der Waals surface area contributed by atoms with Gasteiger partial charge in [0.05, 0.1) is 112 Å².